The Balaban J connectivity index is 0.00000506. The number of benzene rings is 3. The van der Waals surface area contributed by atoms with Gasteiger partial charge in [-0.05, 0) is 53.6 Å². The van der Waals surface area contributed by atoms with E-state index in [4.69, 9.17) is 4.74 Å². The lowest BCUT2D eigenvalue weighted by Gasteiger charge is -2.27. The van der Waals surface area contributed by atoms with Crippen LogP contribution in [0.4, 0.5) is 11.4 Å². The largest absolute Gasteiger partial charge is 0.496 e. The summed E-state index contributed by atoms with van der Waals surface area (Å²) in [5, 5.41) is 14.2. The molecule has 1 N–H and O–H groups in total. The second-order valence-electron chi connectivity index (χ2n) is 10.3. The van der Waals surface area contributed by atoms with Gasteiger partial charge in [0.25, 0.3) is 5.91 Å². The summed E-state index contributed by atoms with van der Waals surface area (Å²) in [5.41, 5.74) is 1.38. The predicted molar refractivity (Wildman–Crippen MR) is 171 cm³/mol. The van der Waals surface area contributed by atoms with E-state index in [0.29, 0.717) is 17.7 Å². The molecule has 0 saturated carbocycles. The van der Waals surface area contributed by atoms with Crippen LogP contribution < -0.4 is 19.9 Å². The van der Waals surface area contributed by atoms with Crippen molar-refractivity contribution in [1.29, 1.82) is 5.26 Å². The van der Waals surface area contributed by atoms with Crippen LogP contribution in [-0.2, 0) is 30.8 Å². The Morgan fingerprint density at radius 2 is 1.88 bits per heavy atom. The van der Waals surface area contributed by atoms with Crippen molar-refractivity contribution in [2.45, 2.75) is 32.9 Å². The van der Waals surface area contributed by atoms with E-state index in [9.17, 15) is 28.1 Å². The Kier molecular flexibility index (Phi) is 10.8. The highest BCUT2D eigenvalue weighted by molar-refractivity contribution is 9.10. The van der Waals surface area contributed by atoms with Crippen LogP contribution in [-0.4, -0.2) is 57.8 Å². The number of hydrogen-bond acceptors (Lipinski definition) is 7. The molecule has 0 unspecified atom stereocenters. The summed E-state index contributed by atoms with van der Waals surface area (Å²) >= 11 is 3.58. The normalized spacial score (nSPS) is 15.5. The number of nitriles is 1. The smallest absolute Gasteiger partial charge is 0.251 e. The van der Waals surface area contributed by atoms with Gasteiger partial charge in [0.15, 0.2) is 9.84 Å². The lowest BCUT2D eigenvalue weighted by Crippen LogP contribution is -2.54. The summed E-state index contributed by atoms with van der Waals surface area (Å²) in [6, 6.07) is 14.7. The van der Waals surface area contributed by atoms with Gasteiger partial charge in [0, 0.05) is 22.2 Å². The number of carbonyl (C=O) groups excluding carboxylic acids is 3. The molecule has 0 spiro atoms. The Morgan fingerprint density at radius 1 is 1.16 bits per heavy atom. The maximum Gasteiger partial charge on any atom is 0.251 e. The number of hydrogen-bond donors (Lipinski definition) is 1. The quantitative estimate of drug-likeness (QED) is 0.371. The van der Waals surface area contributed by atoms with E-state index in [1.807, 2.05) is 31.2 Å². The van der Waals surface area contributed by atoms with Crippen LogP contribution in [0.3, 0.4) is 0 Å². The number of anilines is 2. The van der Waals surface area contributed by atoms with E-state index in [1.165, 1.54) is 35.1 Å². The third kappa shape index (κ3) is 7.29. The minimum absolute atomic E-state index is 0. The fourth-order valence-corrected chi connectivity index (χ4v) is 5.99. The second kappa shape index (κ2) is 13.8. The number of methoxy groups -OCH3 is 1. The molecule has 3 aromatic rings. The lowest BCUT2D eigenvalue weighted by atomic mass is 10.0. The number of carbonyl (C=O) groups is 3. The van der Waals surface area contributed by atoms with Crippen molar-refractivity contribution in [3.63, 3.8) is 0 Å². The molecule has 1 aliphatic heterocycles. The van der Waals surface area contributed by atoms with Crippen LogP contribution >= 0.6 is 28.3 Å². The van der Waals surface area contributed by atoms with E-state index in [2.05, 4.69) is 27.3 Å². The van der Waals surface area contributed by atoms with Crippen LogP contribution in [0.1, 0.15) is 31.4 Å². The van der Waals surface area contributed by atoms with E-state index < -0.39 is 39.4 Å². The number of nitrogens with zero attached hydrogens (tertiary/aromatic N) is 3. The van der Waals surface area contributed by atoms with Gasteiger partial charge in [-0.15, -0.1) is 12.4 Å². The van der Waals surface area contributed by atoms with Gasteiger partial charge in [0.2, 0.25) is 11.8 Å². The number of rotatable bonds is 8. The van der Waals surface area contributed by atoms with Crippen LogP contribution in [0.25, 0.3) is 10.8 Å². The molecule has 1 heterocycles. The van der Waals surface area contributed by atoms with Gasteiger partial charge in [0.05, 0.1) is 43.2 Å². The summed E-state index contributed by atoms with van der Waals surface area (Å²) in [4.78, 5) is 43.4. The molecule has 0 aliphatic carbocycles. The first kappa shape index (κ1) is 33.8. The number of nitrogens with one attached hydrogen (secondary N) is 1. The molecule has 228 valence electrons. The van der Waals surface area contributed by atoms with Crippen molar-refractivity contribution in [2.24, 2.45) is 5.92 Å². The zero-order valence-corrected chi connectivity index (χ0v) is 27.3. The molecule has 0 fully saturated rings. The molecule has 13 heteroatoms. The second-order valence-corrected chi connectivity index (χ2v) is 13.3. The first-order chi connectivity index (χ1) is 19.9. The first-order valence-electron chi connectivity index (χ1n) is 13.3. The topological polar surface area (TPSA) is 137 Å². The highest BCUT2D eigenvalue weighted by Gasteiger charge is 2.38. The van der Waals surface area contributed by atoms with Crippen LogP contribution in [0.5, 0.6) is 5.75 Å². The molecular formula is C30H32BrClN4O6S. The Hall–Kier alpha value is -3.66. The Bertz CT molecular complexity index is 1730. The molecule has 4 rings (SSSR count). The van der Waals surface area contributed by atoms with Gasteiger partial charge in [-0.2, -0.15) is 5.26 Å². The fraction of sp³-hybridized carbons (Fsp3) is 0.333. The highest BCUT2D eigenvalue weighted by atomic mass is 79.9. The van der Waals surface area contributed by atoms with Gasteiger partial charge in [0.1, 0.15) is 17.5 Å². The van der Waals surface area contributed by atoms with Gasteiger partial charge in [-0.1, -0.05) is 41.9 Å². The zero-order valence-electron chi connectivity index (χ0n) is 24.1. The van der Waals surface area contributed by atoms with Crippen molar-refractivity contribution in [2.75, 3.05) is 35.5 Å². The number of ether oxygens (including phenoxy) is 1. The maximum absolute atomic E-state index is 14.3. The Morgan fingerprint density at radius 3 is 2.51 bits per heavy atom. The molecule has 0 saturated heterocycles. The molecule has 3 amide bonds. The van der Waals surface area contributed by atoms with E-state index in [-0.39, 0.29) is 48.3 Å². The molecule has 43 heavy (non-hydrogen) atoms. The molecule has 10 nitrogen and oxygen atoms in total. The summed E-state index contributed by atoms with van der Waals surface area (Å²) in [7, 11) is -2.20. The summed E-state index contributed by atoms with van der Waals surface area (Å²) in [6.45, 7) is 3.26. The Labute approximate surface area is 265 Å². The monoisotopic (exact) mass is 690 g/mol. The van der Waals surface area contributed by atoms with Gasteiger partial charge >= 0.3 is 0 Å². The van der Waals surface area contributed by atoms with Gasteiger partial charge in [-0.3, -0.25) is 14.4 Å². The molecule has 0 radical (unpaired) electrons. The number of amides is 3. The lowest BCUT2D eigenvalue weighted by molar-refractivity contribution is -0.129. The van der Waals surface area contributed by atoms with E-state index >= 15 is 0 Å². The highest BCUT2D eigenvalue weighted by Crippen LogP contribution is 2.39. The molecule has 3 aromatic carbocycles. The standard InChI is InChI=1S/C30H31BrN4O6S.ClH/c1-5-18(2)29(37)33-24-16-34(28(36)17-42(4,39)40)25-11-9-19(14-32)13-26(25)35(30(24)38)15-22-20-7-6-8-23(31)21(20)10-12-27(22)41-3;/h6-13,18,24H,5,15-17H2,1-4H3,(H,33,37);1H/t18-,24+;/m1./s1. The van der Waals surface area contributed by atoms with Gasteiger partial charge < -0.3 is 19.9 Å². The molecule has 2 atom stereocenters. The van der Waals surface area contributed by atoms with E-state index in [0.717, 1.165) is 21.5 Å². The number of sulfone groups is 1. The number of halogens is 2. The molecule has 1 aliphatic rings. The SMILES string of the molecule is CC[C@@H](C)C(=O)N[C@H]1CN(C(=O)CS(C)(=O)=O)c2ccc(C#N)cc2N(Cc2c(OC)ccc3c(Br)cccc23)C1=O.Cl. The molecule has 0 bridgehead atoms. The minimum Gasteiger partial charge on any atom is -0.496 e. The zero-order chi connectivity index (χ0) is 30.8. The van der Waals surface area contributed by atoms with Crippen LogP contribution in [0.2, 0.25) is 0 Å². The van der Waals surface area contributed by atoms with E-state index in [1.54, 1.807) is 13.0 Å². The van der Waals surface area contributed by atoms with Crippen molar-refractivity contribution in [1.82, 2.24) is 5.32 Å². The van der Waals surface area contributed by atoms with Crippen molar-refractivity contribution in [3.8, 4) is 11.8 Å². The third-order valence-electron chi connectivity index (χ3n) is 7.29. The van der Waals surface area contributed by atoms with Crippen LogP contribution in [0.15, 0.2) is 53.0 Å². The average molecular weight is 692 g/mol. The average Bonchev–Trinajstić information content (AvgIpc) is 3.06. The molecule has 0 aromatic heterocycles. The first-order valence-corrected chi connectivity index (χ1v) is 16.1. The summed E-state index contributed by atoms with van der Waals surface area (Å²) in [5.74, 6) is -2.34. The van der Waals surface area contributed by atoms with Crippen molar-refractivity contribution < 1.29 is 27.5 Å². The minimum atomic E-state index is -3.72. The van der Waals surface area contributed by atoms with Gasteiger partial charge in [-0.25, -0.2) is 8.42 Å². The van der Waals surface area contributed by atoms with Crippen molar-refractivity contribution >= 4 is 78.0 Å². The predicted octanol–water partition coefficient (Wildman–Crippen LogP) is 4.36. The summed E-state index contributed by atoms with van der Waals surface area (Å²) in [6.07, 6.45) is 1.48. The maximum atomic E-state index is 14.3. The molecular weight excluding hydrogens is 660 g/mol. The number of fused-ring (bicyclic) bond motifs is 2. The summed E-state index contributed by atoms with van der Waals surface area (Å²) < 4.78 is 30.7. The van der Waals surface area contributed by atoms with Crippen LogP contribution in [0, 0.1) is 17.2 Å². The fourth-order valence-electron chi connectivity index (χ4n) is 4.89. The van der Waals surface area contributed by atoms with Crippen molar-refractivity contribution in [3.05, 3.63) is 64.1 Å². The third-order valence-corrected chi connectivity index (χ3v) is 8.75.